The Balaban J connectivity index is 2.62. The first kappa shape index (κ1) is 13.2. The number of ether oxygens (including phenoxy) is 2. The molecule has 0 aliphatic heterocycles. The minimum absolute atomic E-state index is 0.447. The van der Waals surface area contributed by atoms with Crippen molar-refractivity contribution in [1.82, 2.24) is 0 Å². The van der Waals surface area contributed by atoms with E-state index in [1.807, 2.05) is 36.4 Å². The summed E-state index contributed by atoms with van der Waals surface area (Å²) in [4.78, 5) is 0. The predicted molar refractivity (Wildman–Crippen MR) is 77.3 cm³/mol. The zero-order valence-corrected chi connectivity index (χ0v) is 11.1. The minimum Gasteiger partial charge on any atom is -0.493 e. The number of hydrogen-bond acceptors (Lipinski definition) is 4. The summed E-state index contributed by atoms with van der Waals surface area (Å²) < 4.78 is 10.8. The van der Waals surface area contributed by atoms with Gasteiger partial charge in [0.15, 0.2) is 11.5 Å². The fraction of sp³-hybridized carbons (Fsp3) is 0.200. The summed E-state index contributed by atoms with van der Waals surface area (Å²) in [6.45, 7) is 0.447. The SMILES string of the molecule is COc1cc(CN)cc(-c2ccc(N)cc2)c1OC. The van der Waals surface area contributed by atoms with Gasteiger partial charge in [-0.25, -0.2) is 0 Å². The van der Waals surface area contributed by atoms with Gasteiger partial charge in [0, 0.05) is 17.8 Å². The van der Waals surface area contributed by atoms with Crippen molar-refractivity contribution < 1.29 is 9.47 Å². The van der Waals surface area contributed by atoms with Gasteiger partial charge >= 0.3 is 0 Å². The molecule has 4 N–H and O–H groups in total. The Morgan fingerprint density at radius 1 is 1.00 bits per heavy atom. The van der Waals surface area contributed by atoms with Crippen molar-refractivity contribution in [3.63, 3.8) is 0 Å². The van der Waals surface area contributed by atoms with E-state index in [1.165, 1.54) is 0 Å². The molecule has 0 saturated carbocycles. The maximum absolute atomic E-state index is 5.72. The lowest BCUT2D eigenvalue weighted by atomic mass is 10.0. The standard InChI is InChI=1S/C15H18N2O2/c1-18-14-8-10(9-16)7-13(15(14)19-2)11-3-5-12(17)6-4-11/h3-8H,9,16-17H2,1-2H3. The van der Waals surface area contributed by atoms with E-state index in [-0.39, 0.29) is 0 Å². The molecular formula is C15H18N2O2. The normalized spacial score (nSPS) is 10.3. The van der Waals surface area contributed by atoms with E-state index >= 15 is 0 Å². The van der Waals surface area contributed by atoms with E-state index in [0.29, 0.717) is 18.0 Å². The van der Waals surface area contributed by atoms with Gasteiger partial charge < -0.3 is 20.9 Å². The summed E-state index contributed by atoms with van der Waals surface area (Å²) in [6, 6.07) is 11.5. The molecule has 0 aromatic heterocycles. The third-order valence-electron chi connectivity index (χ3n) is 3.00. The van der Waals surface area contributed by atoms with E-state index in [0.717, 1.165) is 22.4 Å². The summed E-state index contributed by atoms with van der Waals surface area (Å²) in [5.41, 5.74) is 15.1. The van der Waals surface area contributed by atoms with Gasteiger partial charge in [0.1, 0.15) is 0 Å². The molecule has 19 heavy (non-hydrogen) atoms. The number of rotatable bonds is 4. The lowest BCUT2D eigenvalue weighted by molar-refractivity contribution is 0.355. The first-order chi connectivity index (χ1) is 9.19. The molecule has 0 atom stereocenters. The lowest BCUT2D eigenvalue weighted by Crippen LogP contribution is -2.00. The second kappa shape index (κ2) is 5.63. The van der Waals surface area contributed by atoms with Crippen LogP contribution in [0.1, 0.15) is 5.56 Å². The van der Waals surface area contributed by atoms with Gasteiger partial charge in [-0.1, -0.05) is 12.1 Å². The average Bonchev–Trinajstić information content (AvgIpc) is 2.46. The Hall–Kier alpha value is -2.20. The van der Waals surface area contributed by atoms with Gasteiger partial charge in [-0.2, -0.15) is 0 Å². The van der Waals surface area contributed by atoms with Crippen molar-refractivity contribution in [2.75, 3.05) is 20.0 Å². The second-order valence-corrected chi connectivity index (χ2v) is 4.21. The number of nitrogen functional groups attached to an aromatic ring is 1. The Morgan fingerprint density at radius 2 is 1.68 bits per heavy atom. The van der Waals surface area contributed by atoms with Crippen LogP contribution in [0.2, 0.25) is 0 Å². The van der Waals surface area contributed by atoms with Crippen LogP contribution >= 0.6 is 0 Å². The fourth-order valence-corrected chi connectivity index (χ4v) is 2.02. The third kappa shape index (κ3) is 2.63. The van der Waals surface area contributed by atoms with Crippen LogP contribution in [0.4, 0.5) is 5.69 Å². The Kier molecular flexibility index (Phi) is 3.92. The monoisotopic (exact) mass is 258 g/mol. The summed E-state index contributed by atoms with van der Waals surface area (Å²) in [6.07, 6.45) is 0. The second-order valence-electron chi connectivity index (χ2n) is 4.21. The van der Waals surface area contributed by atoms with Gasteiger partial charge in [-0.15, -0.1) is 0 Å². The van der Waals surface area contributed by atoms with Crippen LogP contribution in [0.3, 0.4) is 0 Å². The Bertz CT molecular complexity index is 565. The van der Waals surface area contributed by atoms with Crippen LogP contribution < -0.4 is 20.9 Å². The molecule has 0 unspecified atom stereocenters. The number of nitrogens with two attached hydrogens (primary N) is 2. The molecule has 2 rings (SSSR count). The number of methoxy groups -OCH3 is 2. The van der Waals surface area contributed by atoms with Gasteiger partial charge in [0.25, 0.3) is 0 Å². The number of anilines is 1. The van der Waals surface area contributed by atoms with Gasteiger partial charge in [-0.05, 0) is 35.4 Å². The van der Waals surface area contributed by atoms with Crippen LogP contribution in [-0.2, 0) is 6.54 Å². The van der Waals surface area contributed by atoms with Crippen LogP contribution in [0.5, 0.6) is 11.5 Å². The van der Waals surface area contributed by atoms with Crippen molar-refractivity contribution in [3.8, 4) is 22.6 Å². The highest BCUT2D eigenvalue weighted by Gasteiger charge is 2.13. The first-order valence-electron chi connectivity index (χ1n) is 6.00. The summed E-state index contributed by atoms with van der Waals surface area (Å²) in [5.74, 6) is 1.38. The smallest absolute Gasteiger partial charge is 0.168 e. The maximum Gasteiger partial charge on any atom is 0.168 e. The fourth-order valence-electron chi connectivity index (χ4n) is 2.02. The molecule has 2 aromatic carbocycles. The average molecular weight is 258 g/mol. The minimum atomic E-state index is 0.447. The highest BCUT2D eigenvalue weighted by Crippen LogP contribution is 2.39. The van der Waals surface area contributed by atoms with Gasteiger partial charge in [-0.3, -0.25) is 0 Å². The molecule has 0 spiro atoms. The van der Waals surface area contributed by atoms with E-state index in [1.54, 1.807) is 14.2 Å². The van der Waals surface area contributed by atoms with Crippen molar-refractivity contribution in [2.45, 2.75) is 6.54 Å². The predicted octanol–water partition coefficient (Wildman–Crippen LogP) is 2.41. The molecule has 100 valence electrons. The van der Waals surface area contributed by atoms with Crippen molar-refractivity contribution in [1.29, 1.82) is 0 Å². The molecule has 0 fully saturated rings. The molecular weight excluding hydrogens is 240 g/mol. The molecule has 0 saturated heterocycles. The highest BCUT2D eigenvalue weighted by molar-refractivity contribution is 5.75. The number of hydrogen-bond donors (Lipinski definition) is 2. The van der Waals surface area contributed by atoms with E-state index in [9.17, 15) is 0 Å². The third-order valence-corrected chi connectivity index (χ3v) is 3.00. The zero-order chi connectivity index (χ0) is 13.8. The van der Waals surface area contributed by atoms with Crippen LogP contribution in [0.25, 0.3) is 11.1 Å². The molecule has 0 radical (unpaired) electrons. The van der Waals surface area contributed by atoms with Crippen LogP contribution in [0.15, 0.2) is 36.4 Å². The number of benzene rings is 2. The Morgan fingerprint density at radius 3 is 2.21 bits per heavy atom. The van der Waals surface area contributed by atoms with E-state index in [2.05, 4.69) is 0 Å². The first-order valence-corrected chi connectivity index (χ1v) is 6.00. The molecule has 4 heteroatoms. The van der Waals surface area contributed by atoms with Crippen LogP contribution in [-0.4, -0.2) is 14.2 Å². The zero-order valence-electron chi connectivity index (χ0n) is 11.1. The lowest BCUT2D eigenvalue weighted by Gasteiger charge is -2.15. The van der Waals surface area contributed by atoms with Gasteiger partial charge in [0.05, 0.1) is 14.2 Å². The highest BCUT2D eigenvalue weighted by atomic mass is 16.5. The topological polar surface area (TPSA) is 70.5 Å². The molecule has 0 heterocycles. The summed E-state index contributed by atoms with van der Waals surface area (Å²) in [5, 5.41) is 0. The summed E-state index contributed by atoms with van der Waals surface area (Å²) in [7, 11) is 3.24. The van der Waals surface area contributed by atoms with E-state index < -0.39 is 0 Å². The van der Waals surface area contributed by atoms with E-state index in [4.69, 9.17) is 20.9 Å². The molecule has 0 bridgehead atoms. The van der Waals surface area contributed by atoms with Crippen molar-refractivity contribution in [2.24, 2.45) is 5.73 Å². The van der Waals surface area contributed by atoms with Crippen LogP contribution in [0, 0.1) is 0 Å². The maximum atomic E-state index is 5.72. The molecule has 2 aromatic rings. The molecule has 0 aliphatic rings. The Labute approximate surface area is 112 Å². The summed E-state index contributed by atoms with van der Waals surface area (Å²) >= 11 is 0. The van der Waals surface area contributed by atoms with Crippen molar-refractivity contribution in [3.05, 3.63) is 42.0 Å². The quantitative estimate of drug-likeness (QED) is 0.826. The molecule has 0 aliphatic carbocycles. The molecule has 0 amide bonds. The van der Waals surface area contributed by atoms with Crippen molar-refractivity contribution >= 4 is 5.69 Å². The molecule has 4 nitrogen and oxygen atoms in total. The van der Waals surface area contributed by atoms with Gasteiger partial charge in [0.2, 0.25) is 0 Å². The largest absolute Gasteiger partial charge is 0.493 e.